The van der Waals surface area contributed by atoms with E-state index in [1.165, 1.54) is 4.57 Å². The largest absolute Gasteiger partial charge is 0.454 e. The molecule has 7 heteroatoms. The number of aromatic nitrogens is 1. The molecule has 7 nitrogen and oxygen atoms in total. The van der Waals surface area contributed by atoms with Crippen molar-refractivity contribution in [3.63, 3.8) is 0 Å². The second-order valence-corrected chi connectivity index (χ2v) is 5.04. The number of carbonyl (C=O) groups excluding carboxylic acids is 1. The Morgan fingerprint density at radius 1 is 1.13 bits per heavy atom. The molecule has 1 aromatic heterocycles. The molecule has 0 unspecified atom stereocenters. The van der Waals surface area contributed by atoms with Crippen LogP contribution in [0.2, 0.25) is 0 Å². The Labute approximate surface area is 130 Å². The lowest BCUT2D eigenvalue weighted by Crippen LogP contribution is -2.24. The second-order valence-electron chi connectivity index (χ2n) is 5.04. The van der Waals surface area contributed by atoms with Crippen LogP contribution in [0, 0.1) is 0 Å². The normalized spacial score (nSPS) is 12.5. The van der Waals surface area contributed by atoms with Gasteiger partial charge in [0.1, 0.15) is 6.54 Å². The van der Waals surface area contributed by atoms with Crippen LogP contribution in [-0.2, 0) is 11.3 Å². The van der Waals surface area contributed by atoms with Gasteiger partial charge in [-0.1, -0.05) is 12.1 Å². The molecule has 3 aromatic rings. The van der Waals surface area contributed by atoms with E-state index in [2.05, 4.69) is 5.32 Å². The van der Waals surface area contributed by atoms with Gasteiger partial charge in [0.05, 0.1) is 5.52 Å². The average molecular weight is 312 g/mol. The summed E-state index contributed by atoms with van der Waals surface area (Å²) in [5, 5.41) is 2.73. The van der Waals surface area contributed by atoms with Gasteiger partial charge >= 0.3 is 5.76 Å². The van der Waals surface area contributed by atoms with Gasteiger partial charge in [-0.2, -0.15) is 0 Å². The van der Waals surface area contributed by atoms with Gasteiger partial charge in [0, 0.05) is 11.8 Å². The SMILES string of the molecule is O=C(Cn1c(=O)oc2ccccc21)Nc1ccc2c(c1)OCO2. The fourth-order valence-corrected chi connectivity index (χ4v) is 2.48. The van der Waals surface area contributed by atoms with E-state index in [9.17, 15) is 9.59 Å². The number of rotatable bonds is 3. The number of benzene rings is 2. The summed E-state index contributed by atoms with van der Waals surface area (Å²) < 4.78 is 16.9. The minimum absolute atomic E-state index is 0.135. The summed E-state index contributed by atoms with van der Waals surface area (Å²) in [6, 6.07) is 12.1. The number of hydrogen-bond acceptors (Lipinski definition) is 5. The molecule has 1 aliphatic rings. The van der Waals surface area contributed by atoms with Crippen molar-refractivity contribution in [2.75, 3.05) is 12.1 Å². The van der Waals surface area contributed by atoms with Gasteiger partial charge in [0.15, 0.2) is 17.1 Å². The number of nitrogens with one attached hydrogen (secondary N) is 1. The Kier molecular flexibility index (Phi) is 3.04. The van der Waals surface area contributed by atoms with Crippen LogP contribution in [0.25, 0.3) is 11.1 Å². The molecular formula is C16H12N2O5. The monoisotopic (exact) mass is 312 g/mol. The van der Waals surface area contributed by atoms with Gasteiger partial charge in [-0.15, -0.1) is 0 Å². The van der Waals surface area contributed by atoms with Crippen LogP contribution in [0.15, 0.2) is 51.7 Å². The molecule has 0 aliphatic carbocycles. The third-order valence-corrected chi connectivity index (χ3v) is 3.53. The molecule has 0 saturated carbocycles. The first kappa shape index (κ1) is 13.4. The van der Waals surface area contributed by atoms with Crippen LogP contribution in [0.5, 0.6) is 11.5 Å². The number of amides is 1. The molecule has 1 N–H and O–H groups in total. The lowest BCUT2D eigenvalue weighted by molar-refractivity contribution is -0.116. The molecule has 1 amide bonds. The predicted octanol–water partition coefficient (Wildman–Crippen LogP) is 1.96. The van der Waals surface area contributed by atoms with E-state index >= 15 is 0 Å². The van der Waals surface area contributed by atoms with Gasteiger partial charge in [-0.05, 0) is 24.3 Å². The Morgan fingerprint density at radius 2 is 1.96 bits per heavy atom. The second kappa shape index (κ2) is 5.20. The predicted molar refractivity (Wildman–Crippen MR) is 81.7 cm³/mol. The molecule has 116 valence electrons. The molecule has 0 atom stereocenters. The molecule has 0 spiro atoms. The van der Waals surface area contributed by atoms with Crippen LogP contribution < -0.4 is 20.5 Å². The molecule has 2 heterocycles. The van der Waals surface area contributed by atoms with Crippen LogP contribution in [0.3, 0.4) is 0 Å². The minimum atomic E-state index is -0.563. The van der Waals surface area contributed by atoms with Crippen molar-refractivity contribution in [3.05, 3.63) is 53.0 Å². The maximum Gasteiger partial charge on any atom is 0.420 e. The van der Waals surface area contributed by atoms with Crippen molar-refractivity contribution in [2.24, 2.45) is 0 Å². The number of hydrogen-bond donors (Lipinski definition) is 1. The first-order valence-corrected chi connectivity index (χ1v) is 6.98. The molecule has 0 fully saturated rings. The maximum absolute atomic E-state index is 12.2. The minimum Gasteiger partial charge on any atom is -0.454 e. The van der Waals surface area contributed by atoms with E-state index in [4.69, 9.17) is 13.9 Å². The molecule has 1 aliphatic heterocycles. The lowest BCUT2D eigenvalue weighted by atomic mass is 10.2. The van der Waals surface area contributed by atoms with Crippen molar-refractivity contribution >= 4 is 22.7 Å². The highest BCUT2D eigenvalue weighted by Crippen LogP contribution is 2.34. The number of carbonyl (C=O) groups is 1. The van der Waals surface area contributed by atoms with E-state index in [1.54, 1.807) is 42.5 Å². The van der Waals surface area contributed by atoms with Crippen molar-refractivity contribution in [1.82, 2.24) is 4.57 Å². The molecule has 4 rings (SSSR count). The zero-order valence-electron chi connectivity index (χ0n) is 11.9. The summed E-state index contributed by atoms with van der Waals surface area (Å²) in [6.45, 7) is 0.0351. The van der Waals surface area contributed by atoms with Gasteiger partial charge in [0.2, 0.25) is 12.7 Å². The molecule has 23 heavy (non-hydrogen) atoms. The average Bonchev–Trinajstić information content (AvgIpc) is 3.12. The van der Waals surface area contributed by atoms with Crippen LogP contribution in [0.4, 0.5) is 5.69 Å². The van der Waals surface area contributed by atoms with Crippen molar-refractivity contribution in [1.29, 1.82) is 0 Å². The summed E-state index contributed by atoms with van der Waals surface area (Å²) >= 11 is 0. The summed E-state index contributed by atoms with van der Waals surface area (Å²) in [6.07, 6.45) is 0. The summed E-state index contributed by atoms with van der Waals surface area (Å²) in [4.78, 5) is 24.1. The maximum atomic E-state index is 12.2. The van der Waals surface area contributed by atoms with Gasteiger partial charge in [0.25, 0.3) is 0 Å². The summed E-state index contributed by atoms with van der Waals surface area (Å²) in [7, 11) is 0. The molecule has 0 saturated heterocycles. The summed E-state index contributed by atoms with van der Waals surface area (Å²) in [5.74, 6) is 0.318. The quantitative estimate of drug-likeness (QED) is 0.799. The zero-order valence-corrected chi connectivity index (χ0v) is 11.9. The molecular weight excluding hydrogens is 300 g/mol. The first-order chi connectivity index (χ1) is 11.2. The Bertz CT molecular complexity index is 957. The highest BCUT2D eigenvalue weighted by Gasteiger charge is 2.16. The first-order valence-electron chi connectivity index (χ1n) is 6.98. The van der Waals surface area contributed by atoms with E-state index < -0.39 is 5.76 Å². The van der Waals surface area contributed by atoms with Crippen molar-refractivity contribution < 1.29 is 18.7 Å². The van der Waals surface area contributed by atoms with E-state index in [1.807, 2.05) is 0 Å². The van der Waals surface area contributed by atoms with Crippen LogP contribution >= 0.6 is 0 Å². The molecule has 2 aromatic carbocycles. The third kappa shape index (κ3) is 2.42. The van der Waals surface area contributed by atoms with Gasteiger partial charge in [-0.3, -0.25) is 9.36 Å². The topological polar surface area (TPSA) is 82.7 Å². The number of para-hydroxylation sites is 2. The molecule has 0 radical (unpaired) electrons. The Morgan fingerprint density at radius 3 is 2.87 bits per heavy atom. The number of ether oxygens (including phenoxy) is 2. The fraction of sp³-hybridized carbons (Fsp3) is 0.125. The number of anilines is 1. The molecule has 0 bridgehead atoms. The number of nitrogens with zero attached hydrogens (tertiary/aromatic N) is 1. The number of oxazole rings is 1. The summed E-state index contributed by atoms with van der Waals surface area (Å²) in [5.41, 5.74) is 1.60. The Balaban J connectivity index is 1.56. The zero-order chi connectivity index (χ0) is 15.8. The standard InChI is InChI=1S/C16H12N2O5/c19-15(17-10-5-6-13-14(7-10)22-9-21-13)8-18-11-3-1-2-4-12(11)23-16(18)20/h1-7H,8-9H2,(H,17,19). The van der Waals surface area contributed by atoms with Crippen molar-refractivity contribution in [2.45, 2.75) is 6.54 Å². The van der Waals surface area contributed by atoms with Gasteiger partial charge < -0.3 is 19.2 Å². The highest BCUT2D eigenvalue weighted by molar-refractivity contribution is 5.91. The van der Waals surface area contributed by atoms with Crippen LogP contribution in [-0.4, -0.2) is 17.3 Å². The Hall–Kier alpha value is -3.22. The van der Waals surface area contributed by atoms with Crippen LogP contribution in [0.1, 0.15) is 0 Å². The van der Waals surface area contributed by atoms with Crippen molar-refractivity contribution in [3.8, 4) is 11.5 Å². The van der Waals surface area contributed by atoms with E-state index in [-0.39, 0.29) is 19.2 Å². The fourth-order valence-electron chi connectivity index (χ4n) is 2.48. The van der Waals surface area contributed by atoms with E-state index in [0.29, 0.717) is 28.3 Å². The number of fused-ring (bicyclic) bond motifs is 2. The lowest BCUT2D eigenvalue weighted by Gasteiger charge is -2.06. The highest BCUT2D eigenvalue weighted by atomic mass is 16.7. The smallest absolute Gasteiger partial charge is 0.420 e. The third-order valence-electron chi connectivity index (χ3n) is 3.53. The van der Waals surface area contributed by atoms with Gasteiger partial charge in [-0.25, -0.2) is 4.79 Å². The van der Waals surface area contributed by atoms with E-state index in [0.717, 1.165) is 0 Å².